The molecule has 2 aromatic heterocycles. The van der Waals surface area contributed by atoms with E-state index in [9.17, 15) is 4.79 Å². The molecule has 1 aliphatic heterocycles. The Morgan fingerprint density at radius 3 is 2.84 bits per heavy atom. The fraction of sp³-hybridized carbons (Fsp3) is 0.440. The lowest BCUT2D eigenvalue weighted by Crippen LogP contribution is -2.23. The highest BCUT2D eigenvalue weighted by Gasteiger charge is 2.31. The van der Waals surface area contributed by atoms with Gasteiger partial charge in [0.15, 0.2) is 0 Å². The number of carbonyl (C=O) groups excluding carboxylic acids is 1. The van der Waals surface area contributed by atoms with Crippen LogP contribution in [0.2, 0.25) is 0 Å². The lowest BCUT2D eigenvalue weighted by atomic mass is 9.95. The van der Waals surface area contributed by atoms with Crippen molar-refractivity contribution in [1.29, 1.82) is 0 Å². The molecule has 1 aliphatic rings. The first-order valence-corrected chi connectivity index (χ1v) is 11.8. The molecule has 3 aromatic rings. The van der Waals surface area contributed by atoms with Crippen molar-refractivity contribution in [2.75, 3.05) is 33.8 Å². The van der Waals surface area contributed by atoms with E-state index in [1.807, 2.05) is 32.4 Å². The lowest BCUT2D eigenvalue weighted by molar-refractivity contribution is 0.0831. The number of rotatable bonds is 7. The molecule has 3 heterocycles. The normalized spacial score (nSPS) is 16.9. The Bertz CT molecular complexity index is 1060. The SMILES string of the molecule is CC(C)COc1ccccc1CN1CC[C@H](c2c(C(=O)N(C)C)sc3ncccc23)C1. The number of aromatic nitrogens is 1. The molecule has 1 fully saturated rings. The van der Waals surface area contributed by atoms with E-state index in [2.05, 4.69) is 48.0 Å². The van der Waals surface area contributed by atoms with Crippen LogP contribution in [0.1, 0.15) is 47.0 Å². The van der Waals surface area contributed by atoms with Gasteiger partial charge in [-0.05, 0) is 36.6 Å². The molecule has 5 nitrogen and oxygen atoms in total. The number of benzene rings is 1. The molecule has 31 heavy (non-hydrogen) atoms. The van der Waals surface area contributed by atoms with Crippen LogP contribution in [0.4, 0.5) is 0 Å². The van der Waals surface area contributed by atoms with Crippen molar-refractivity contribution in [2.24, 2.45) is 5.92 Å². The zero-order valence-corrected chi connectivity index (χ0v) is 19.6. The number of fused-ring (bicyclic) bond motifs is 1. The highest BCUT2D eigenvalue weighted by Crippen LogP contribution is 2.40. The molecule has 6 heteroatoms. The third kappa shape index (κ3) is 4.75. The Morgan fingerprint density at radius 2 is 2.06 bits per heavy atom. The van der Waals surface area contributed by atoms with Gasteiger partial charge >= 0.3 is 0 Å². The zero-order chi connectivity index (χ0) is 22.0. The average molecular weight is 438 g/mol. The third-order valence-corrected chi connectivity index (χ3v) is 6.84. The molecule has 0 N–H and O–H groups in total. The van der Waals surface area contributed by atoms with E-state index in [1.165, 1.54) is 22.5 Å². The quantitative estimate of drug-likeness (QED) is 0.521. The van der Waals surface area contributed by atoms with Crippen LogP contribution in [-0.2, 0) is 6.54 Å². The van der Waals surface area contributed by atoms with Gasteiger partial charge in [0.1, 0.15) is 10.6 Å². The summed E-state index contributed by atoms with van der Waals surface area (Å²) in [5, 5.41) is 1.13. The van der Waals surface area contributed by atoms with Crippen LogP contribution >= 0.6 is 11.3 Å². The standard InChI is InChI=1S/C25H31N3O2S/c1-17(2)16-30-21-10-6-5-8-18(21)14-28-13-11-19(15-28)22-20-9-7-12-26-24(20)31-23(22)25(29)27(3)4/h5-10,12,17,19H,11,13-16H2,1-4H3/t19-/m0/s1. The summed E-state index contributed by atoms with van der Waals surface area (Å²) >= 11 is 1.52. The van der Waals surface area contributed by atoms with Crippen molar-refractivity contribution in [1.82, 2.24) is 14.8 Å². The Hall–Kier alpha value is -2.44. The van der Waals surface area contributed by atoms with Gasteiger partial charge in [-0.1, -0.05) is 38.1 Å². The summed E-state index contributed by atoms with van der Waals surface area (Å²) in [6.45, 7) is 7.87. The number of pyridine rings is 1. The highest BCUT2D eigenvalue weighted by molar-refractivity contribution is 7.20. The van der Waals surface area contributed by atoms with Crippen LogP contribution in [-0.4, -0.2) is 54.5 Å². The van der Waals surface area contributed by atoms with Gasteiger partial charge in [0.25, 0.3) is 5.91 Å². The second-order valence-corrected chi connectivity index (χ2v) is 9.93. The van der Waals surface area contributed by atoms with E-state index >= 15 is 0 Å². The summed E-state index contributed by atoms with van der Waals surface area (Å²) in [5.41, 5.74) is 2.41. The van der Waals surface area contributed by atoms with Crippen LogP contribution in [0.3, 0.4) is 0 Å². The van der Waals surface area contributed by atoms with Crippen molar-refractivity contribution in [3.63, 3.8) is 0 Å². The predicted octanol–water partition coefficient (Wildman–Crippen LogP) is 5.02. The second kappa shape index (κ2) is 9.37. The first-order valence-electron chi connectivity index (χ1n) is 11.0. The van der Waals surface area contributed by atoms with E-state index < -0.39 is 0 Å². The fourth-order valence-corrected chi connectivity index (χ4v) is 5.45. The molecule has 1 amide bonds. The van der Waals surface area contributed by atoms with Crippen molar-refractivity contribution in [3.05, 3.63) is 58.6 Å². The minimum absolute atomic E-state index is 0.0730. The number of ether oxygens (including phenoxy) is 1. The van der Waals surface area contributed by atoms with Gasteiger partial charge in [0.05, 0.1) is 11.5 Å². The van der Waals surface area contributed by atoms with E-state index in [1.54, 1.807) is 4.90 Å². The number of thiophene rings is 1. The molecule has 0 aliphatic carbocycles. The van der Waals surface area contributed by atoms with Gasteiger partial charge in [-0.15, -0.1) is 11.3 Å². The van der Waals surface area contributed by atoms with Crippen molar-refractivity contribution < 1.29 is 9.53 Å². The highest BCUT2D eigenvalue weighted by atomic mass is 32.1. The Kier molecular flexibility index (Phi) is 6.58. The van der Waals surface area contributed by atoms with Crippen LogP contribution in [0.15, 0.2) is 42.6 Å². The van der Waals surface area contributed by atoms with E-state index in [0.717, 1.165) is 53.5 Å². The minimum atomic E-state index is 0.0730. The number of amides is 1. The Balaban J connectivity index is 1.56. The number of nitrogens with zero attached hydrogens (tertiary/aromatic N) is 3. The van der Waals surface area contributed by atoms with Crippen LogP contribution < -0.4 is 4.74 Å². The van der Waals surface area contributed by atoms with Crippen LogP contribution in [0.25, 0.3) is 10.2 Å². The first kappa shape index (κ1) is 21.8. The summed E-state index contributed by atoms with van der Waals surface area (Å²) in [5.74, 6) is 1.88. The van der Waals surface area contributed by atoms with Gasteiger partial charge in [-0.3, -0.25) is 9.69 Å². The summed E-state index contributed by atoms with van der Waals surface area (Å²) in [6, 6.07) is 12.4. The minimum Gasteiger partial charge on any atom is -0.493 e. The molecule has 0 radical (unpaired) electrons. The molecule has 1 aromatic carbocycles. The third-order valence-electron chi connectivity index (χ3n) is 5.72. The topological polar surface area (TPSA) is 45.7 Å². The van der Waals surface area contributed by atoms with E-state index in [4.69, 9.17) is 4.74 Å². The zero-order valence-electron chi connectivity index (χ0n) is 18.8. The summed E-state index contributed by atoms with van der Waals surface area (Å²) in [4.78, 5) is 23.4. The molecule has 0 spiro atoms. The number of hydrogen-bond acceptors (Lipinski definition) is 5. The van der Waals surface area contributed by atoms with Crippen LogP contribution in [0, 0.1) is 5.92 Å². The first-order chi connectivity index (χ1) is 14.9. The molecule has 1 atom stereocenters. The summed E-state index contributed by atoms with van der Waals surface area (Å²) in [6.07, 6.45) is 2.85. The van der Waals surface area contributed by atoms with Gasteiger partial charge in [-0.2, -0.15) is 0 Å². The van der Waals surface area contributed by atoms with Gasteiger partial charge in [0, 0.05) is 50.2 Å². The second-order valence-electron chi connectivity index (χ2n) is 8.93. The average Bonchev–Trinajstić information content (AvgIpc) is 3.36. The maximum absolute atomic E-state index is 12.9. The van der Waals surface area contributed by atoms with Gasteiger partial charge in [0.2, 0.25) is 0 Å². The van der Waals surface area contributed by atoms with Crippen molar-refractivity contribution >= 4 is 27.5 Å². The van der Waals surface area contributed by atoms with E-state index in [-0.39, 0.29) is 5.91 Å². The molecule has 1 saturated heterocycles. The van der Waals surface area contributed by atoms with Crippen LogP contribution in [0.5, 0.6) is 5.75 Å². The maximum Gasteiger partial charge on any atom is 0.263 e. The number of carbonyl (C=O) groups is 1. The molecular weight excluding hydrogens is 406 g/mol. The van der Waals surface area contributed by atoms with Gasteiger partial charge in [-0.25, -0.2) is 4.98 Å². The molecule has 0 bridgehead atoms. The smallest absolute Gasteiger partial charge is 0.263 e. The largest absolute Gasteiger partial charge is 0.493 e. The molecule has 164 valence electrons. The van der Waals surface area contributed by atoms with E-state index in [0.29, 0.717) is 11.8 Å². The number of likely N-dealkylation sites (tertiary alicyclic amines) is 1. The molecule has 0 saturated carbocycles. The fourth-order valence-electron chi connectivity index (χ4n) is 4.20. The maximum atomic E-state index is 12.9. The number of para-hydroxylation sites is 1. The summed E-state index contributed by atoms with van der Waals surface area (Å²) in [7, 11) is 3.64. The monoisotopic (exact) mass is 437 g/mol. The molecular formula is C25H31N3O2S. The lowest BCUT2D eigenvalue weighted by Gasteiger charge is -2.20. The predicted molar refractivity (Wildman–Crippen MR) is 127 cm³/mol. The molecule has 0 unspecified atom stereocenters. The van der Waals surface area contributed by atoms with Crippen molar-refractivity contribution in [3.8, 4) is 5.75 Å². The molecule has 4 rings (SSSR count). The summed E-state index contributed by atoms with van der Waals surface area (Å²) < 4.78 is 6.06. The van der Waals surface area contributed by atoms with Crippen molar-refractivity contribution in [2.45, 2.75) is 32.7 Å². The van der Waals surface area contributed by atoms with Gasteiger partial charge < -0.3 is 9.64 Å². The Morgan fingerprint density at radius 1 is 1.26 bits per heavy atom. The Labute approximate surface area is 188 Å². The number of hydrogen-bond donors (Lipinski definition) is 0.